The molecule has 158 valence electrons. The molecule has 1 aliphatic heterocycles. The highest BCUT2D eigenvalue weighted by Crippen LogP contribution is 2.35. The first kappa shape index (κ1) is 19.4. The second-order valence-corrected chi connectivity index (χ2v) is 9.49. The maximum absolute atomic E-state index is 13.0. The molecule has 8 heteroatoms. The third-order valence-corrected chi connectivity index (χ3v) is 7.12. The molecule has 1 amide bonds. The number of hydrogen-bond acceptors (Lipinski definition) is 5. The van der Waals surface area contributed by atoms with Crippen molar-refractivity contribution in [2.75, 3.05) is 21.9 Å². The molecule has 0 unspecified atom stereocenters. The zero-order valence-electron chi connectivity index (χ0n) is 16.7. The van der Waals surface area contributed by atoms with Crippen molar-refractivity contribution in [3.05, 3.63) is 66.7 Å². The van der Waals surface area contributed by atoms with Crippen LogP contribution in [-0.2, 0) is 14.8 Å². The molecule has 5 rings (SSSR count). The lowest BCUT2D eigenvalue weighted by Crippen LogP contribution is -2.49. The molecular formula is C23H20N2O5S. The lowest BCUT2D eigenvalue weighted by Gasteiger charge is -2.34. The molecule has 2 heterocycles. The molecule has 0 radical (unpaired) electrons. The van der Waals surface area contributed by atoms with Gasteiger partial charge in [0.25, 0.3) is 5.91 Å². The summed E-state index contributed by atoms with van der Waals surface area (Å²) in [5, 5.41) is 4.78. The number of nitrogens with zero attached hydrogens (tertiary/aromatic N) is 1. The molecule has 1 aromatic heterocycles. The summed E-state index contributed by atoms with van der Waals surface area (Å²) < 4.78 is 38.2. The van der Waals surface area contributed by atoms with Gasteiger partial charge in [-0.1, -0.05) is 30.3 Å². The quantitative estimate of drug-likeness (QED) is 0.519. The first-order chi connectivity index (χ1) is 15.0. The Morgan fingerprint density at radius 1 is 1.03 bits per heavy atom. The van der Waals surface area contributed by atoms with Crippen LogP contribution in [0.1, 0.15) is 6.92 Å². The SMILES string of the molecule is CCS(=O)(=O)N1C[C@@H](C(=O)Nc2ccc3c(c2)oc2ccccc23)Oc2ccccc21. The van der Waals surface area contributed by atoms with Crippen LogP contribution >= 0.6 is 0 Å². The highest BCUT2D eigenvalue weighted by Gasteiger charge is 2.36. The van der Waals surface area contributed by atoms with E-state index in [1.165, 1.54) is 4.31 Å². The van der Waals surface area contributed by atoms with Gasteiger partial charge in [-0.05, 0) is 37.3 Å². The van der Waals surface area contributed by atoms with E-state index in [-0.39, 0.29) is 12.3 Å². The van der Waals surface area contributed by atoms with Gasteiger partial charge in [0.1, 0.15) is 16.9 Å². The topological polar surface area (TPSA) is 88.9 Å². The number of nitrogens with one attached hydrogen (secondary N) is 1. The summed E-state index contributed by atoms with van der Waals surface area (Å²) in [5.41, 5.74) is 2.42. The number of sulfonamides is 1. The Balaban J connectivity index is 1.43. The van der Waals surface area contributed by atoms with Gasteiger partial charge >= 0.3 is 0 Å². The summed E-state index contributed by atoms with van der Waals surface area (Å²) in [6, 6.07) is 20.0. The van der Waals surface area contributed by atoms with Crippen LogP contribution in [0.3, 0.4) is 0 Å². The number of benzene rings is 3. The standard InChI is InChI=1S/C23H20N2O5S/c1-2-31(27,28)25-14-22(30-20-10-6-4-8-18(20)25)23(26)24-15-11-12-17-16-7-3-5-9-19(16)29-21(17)13-15/h3-13,22H,2,14H2,1H3,(H,24,26)/t22-/m0/s1. The number of rotatable bonds is 4. The van der Waals surface area contributed by atoms with Gasteiger partial charge in [0.05, 0.1) is 18.0 Å². The minimum Gasteiger partial charge on any atom is -0.476 e. The molecule has 3 aromatic carbocycles. The summed E-state index contributed by atoms with van der Waals surface area (Å²) in [5.74, 6) is -0.141. The number of ether oxygens (including phenoxy) is 1. The predicted octanol–water partition coefficient (Wildman–Crippen LogP) is 4.14. The van der Waals surface area contributed by atoms with E-state index in [1.807, 2.05) is 30.3 Å². The number of para-hydroxylation sites is 3. The van der Waals surface area contributed by atoms with E-state index in [2.05, 4.69) is 5.32 Å². The maximum atomic E-state index is 13.0. The molecule has 0 saturated heterocycles. The minimum atomic E-state index is -3.56. The van der Waals surface area contributed by atoms with Crippen molar-refractivity contribution in [1.29, 1.82) is 0 Å². The number of hydrogen-bond donors (Lipinski definition) is 1. The second-order valence-electron chi connectivity index (χ2n) is 7.30. The molecule has 0 bridgehead atoms. The summed E-state index contributed by atoms with van der Waals surface area (Å²) >= 11 is 0. The number of amides is 1. The van der Waals surface area contributed by atoms with Crippen molar-refractivity contribution in [2.45, 2.75) is 13.0 Å². The van der Waals surface area contributed by atoms with Gasteiger partial charge in [0.2, 0.25) is 10.0 Å². The summed E-state index contributed by atoms with van der Waals surface area (Å²) in [6.07, 6.45) is -0.984. The Bertz CT molecular complexity index is 1410. The van der Waals surface area contributed by atoms with Crippen LogP contribution in [-0.4, -0.2) is 32.7 Å². The van der Waals surface area contributed by atoms with Crippen LogP contribution in [0.15, 0.2) is 71.1 Å². The fraction of sp³-hybridized carbons (Fsp3) is 0.174. The van der Waals surface area contributed by atoms with Gasteiger partial charge in [-0.25, -0.2) is 8.42 Å². The Morgan fingerprint density at radius 3 is 2.61 bits per heavy atom. The molecule has 4 aromatic rings. The largest absolute Gasteiger partial charge is 0.476 e. The average Bonchev–Trinajstić information content (AvgIpc) is 3.16. The normalized spacial score (nSPS) is 16.2. The maximum Gasteiger partial charge on any atom is 0.267 e. The number of fused-ring (bicyclic) bond motifs is 4. The fourth-order valence-corrected chi connectivity index (χ4v) is 4.91. The summed E-state index contributed by atoms with van der Waals surface area (Å²) in [7, 11) is -3.56. The van der Waals surface area contributed by atoms with Crippen LogP contribution in [0.4, 0.5) is 11.4 Å². The van der Waals surface area contributed by atoms with E-state index in [0.717, 1.165) is 16.4 Å². The molecule has 1 atom stereocenters. The monoisotopic (exact) mass is 436 g/mol. The number of carbonyl (C=O) groups is 1. The van der Waals surface area contributed by atoms with E-state index < -0.39 is 22.0 Å². The molecule has 7 nitrogen and oxygen atoms in total. The first-order valence-corrected chi connectivity index (χ1v) is 11.6. The molecule has 1 aliphatic rings. The van der Waals surface area contributed by atoms with Crippen LogP contribution < -0.4 is 14.4 Å². The third-order valence-electron chi connectivity index (χ3n) is 5.37. The van der Waals surface area contributed by atoms with Crippen LogP contribution in [0.2, 0.25) is 0 Å². The summed E-state index contributed by atoms with van der Waals surface area (Å²) in [6.45, 7) is 1.48. The highest BCUT2D eigenvalue weighted by atomic mass is 32.2. The Morgan fingerprint density at radius 2 is 1.77 bits per heavy atom. The Kier molecular flexibility index (Phi) is 4.59. The van der Waals surface area contributed by atoms with Crippen LogP contribution in [0, 0.1) is 0 Å². The molecule has 1 N–H and O–H groups in total. The molecule has 0 spiro atoms. The molecule has 31 heavy (non-hydrogen) atoms. The van der Waals surface area contributed by atoms with Crippen molar-refractivity contribution >= 4 is 49.2 Å². The van der Waals surface area contributed by atoms with Crippen molar-refractivity contribution in [1.82, 2.24) is 0 Å². The molecule has 0 fully saturated rings. The third kappa shape index (κ3) is 3.38. The van der Waals surface area contributed by atoms with Crippen LogP contribution in [0.25, 0.3) is 21.9 Å². The average molecular weight is 436 g/mol. The van der Waals surface area contributed by atoms with E-state index in [1.54, 1.807) is 43.3 Å². The Hall–Kier alpha value is -3.52. The van der Waals surface area contributed by atoms with E-state index in [9.17, 15) is 13.2 Å². The van der Waals surface area contributed by atoms with Crippen LogP contribution in [0.5, 0.6) is 5.75 Å². The smallest absolute Gasteiger partial charge is 0.267 e. The zero-order chi connectivity index (χ0) is 21.6. The first-order valence-electron chi connectivity index (χ1n) is 9.94. The van der Waals surface area contributed by atoms with Crippen molar-refractivity contribution in [3.8, 4) is 5.75 Å². The van der Waals surface area contributed by atoms with Crippen molar-refractivity contribution < 1.29 is 22.4 Å². The number of carbonyl (C=O) groups excluding carboxylic acids is 1. The lowest BCUT2D eigenvalue weighted by atomic mass is 10.1. The molecule has 0 aliphatic carbocycles. The zero-order valence-corrected chi connectivity index (χ0v) is 17.6. The van der Waals surface area contributed by atoms with E-state index in [4.69, 9.17) is 9.15 Å². The summed E-state index contributed by atoms with van der Waals surface area (Å²) in [4.78, 5) is 13.0. The van der Waals surface area contributed by atoms with Gasteiger partial charge in [0.15, 0.2) is 6.10 Å². The van der Waals surface area contributed by atoms with E-state index in [0.29, 0.717) is 22.7 Å². The van der Waals surface area contributed by atoms with Gasteiger partial charge in [-0.3, -0.25) is 9.10 Å². The lowest BCUT2D eigenvalue weighted by molar-refractivity contribution is -0.122. The highest BCUT2D eigenvalue weighted by molar-refractivity contribution is 7.92. The minimum absolute atomic E-state index is 0.0710. The van der Waals surface area contributed by atoms with Gasteiger partial charge in [-0.2, -0.15) is 0 Å². The van der Waals surface area contributed by atoms with E-state index >= 15 is 0 Å². The van der Waals surface area contributed by atoms with Gasteiger partial charge < -0.3 is 14.5 Å². The number of furan rings is 1. The van der Waals surface area contributed by atoms with Gasteiger partial charge in [-0.15, -0.1) is 0 Å². The second kappa shape index (κ2) is 7.31. The Labute approximate surface area is 179 Å². The molecular weight excluding hydrogens is 416 g/mol. The van der Waals surface area contributed by atoms with Gasteiger partial charge in [0, 0.05) is 22.5 Å². The fourth-order valence-electron chi connectivity index (χ4n) is 3.78. The number of anilines is 2. The van der Waals surface area contributed by atoms with Crippen molar-refractivity contribution in [3.63, 3.8) is 0 Å². The van der Waals surface area contributed by atoms with Crippen molar-refractivity contribution in [2.24, 2.45) is 0 Å². The predicted molar refractivity (Wildman–Crippen MR) is 120 cm³/mol. The molecule has 0 saturated carbocycles.